The van der Waals surface area contributed by atoms with Crippen LogP contribution in [0.4, 0.5) is 17.1 Å². The minimum absolute atomic E-state index is 0. The van der Waals surface area contributed by atoms with E-state index in [1.165, 1.54) is 0 Å². The molecular formula is C18H23Cl2N3O. The molecule has 0 fully saturated rings. The lowest BCUT2D eigenvalue weighted by molar-refractivity contribution is 0.102. The molecule has 1 aliphatic heterocycles. The van der Waals surface area contributed by atoms with E-state index in [0.29, 0.717) is 0 Å². The zero-order chi connectivity index (χ0) is 15.5. The molecule has 4 nitrogen and oxygen atoms in total. The molecule has 0 radical (unpaired) electrons. The second-order valence-electron chi connectivity index (χ2n) is 5.73. The van der Waals surface area contributed by atoms with Crippen LogP contribution in [-0.4, -0.2) is 26.5 Å². The molecule has 1 heterocycles. The average Bonchev–Trinajstić information content (AvgIpc) is 2.54. The zero-order valence-corrected chi connectivity index (χ0v) is 15.5. The number of fused-ring (bicyclic) bond motifs is 1. The molecule has 0 aliphatic carbocycles. The van der Waals surface area contributed by atoms with E-state index in [4.69, 9.17) is 0 Å². The Bertz CT molecular complexity index is 704. The minimum Gasteiger partial charge on any atom is -0.385 e. The van der Waals surface area contributed by atoms with E-state index in [-0.39, 0.29) is 30.7 Å². The lowest BCUT2D eigenvalue weighted by Gasteiger charge is -2.22. The second-order valence-corrected chi connectivity index (χ2v) is 5.73. The quantitative estimate of drug-likeness (QED) is 0.853. The number of carbonyl (C=O) groups is 1. The fourth-order valence-corrected chi connectivity index (χ4v) is 2.88. The highest BCUT2D eigenvalue weighted by molar-refractivity contribution is 6.07. The van der Waals surface area contributed by atoms with E-state index < -0.39 is 0 Å². The molecule has 0 spiro atoms. The summed E-state index contributed by atoms with van der Waals surface area (Å²) in [5.41, 5.74) is 4.80. The predicted octanol–water partition coefficient (Wildman–Crippen LogP) is 4.21. The first-order chi connectivity index (χ1) is 10.7. The SMILES string of the molecule is CN(C)c1ccccc1NC(=O)c1cccc2c1CCCN2.Cl.Cl. The van der Waals surface area contributed by atoms with Gasteiger partial charge in [-0.05, 0) is 42.7 Å². The Morgan fingerprint density at radius 1 is 1.08 bits per heavy atom. The summed E-state index contributed by atoms with van der Waals surface area (Å²) >= 11 is 0. The highest BCUT2D eigenvalue weighted by Gasteiger charge is 2.18. The van der Waals surface area contributed by atoms with Crippen LogP contribution in [0.15, 0.2) is 42.5 Å². The highest BCUT2D eigenvalue weighted by Crippen LogP contribution is 2.28. The maximum absolute atomic E-state index is 12.7. The van der Waals surface area contributed by atoms with Crippen LogP contribution in [0.1, 0.15) is 22.3 Å². The number of amides is 1. The fourth-order valence-electron chi connectivity index (χ4n) is 2.88. The van der Waals surface area contributed by atoms with Crippen molar-refractivity contribution in [3.63, 3.8) is 0 Å². The Labute approximate surface area is 155 Å². The van der Waals surface area contributed by atoms with Crippen molar-refractivity contribution in [1.82, 2.24) is 0 Å². The van der Waals surface area contributed by atoms with E-state index in [9.17, 15) is 4.79 Å². The molecule has 0 atom stereocenters. The van der Waals surface area contributed by atoms with Crippen LogP contribution in [0, 0.1) is 0 Å². The van der Waals surface area contributed by atoms with Crippen molar-refractivity contribution in [2.75, 3.05) is 36.2 Å². The summed E-state index contributed by atoms with van der Waals surface area (Å²) in [6.45, 7) is 0.974. The molecule has 0 saturated carbocycles. The number of anilines is 3. The number of nitrogens with zero attached hydrogens (tertiary/aromatic N) is 1. The molecule has 1 aliphatic rings. The fraction of sp³-hybridized carbons (Fsp3) is 0.278. The van der Waals surface area contributed by atoms with Gasteiger partial charge in [0.15, 0.2) is 0 Å². The third kappa shape index (κ3) is 4.13. The maximum atomic E-state index is 12.7. The first kappa shape index (κ1) is 20.1. The van der Waals surface area contributed by atoms with Gasteiger partial charge in [-0.3, -0.25) is 4.79 Å². The number of para-hydroxylation sites is 2. The topological polar surface area (TPSA) is 44.4 Å². The van der Waals surface area contributed by atoms with Gasteiger partial charge in [0.05, 0.1) is 11.4 Å². The van der Waals surface area contributed by atoms with Crippen molar-refractivity contribution in [2.24, 2.45) is 0 Å². The van der Waals surface area contributed by atoms with Gasteiger partial charge in [-0.1, -0.05) is 18.2 Å². The van der Waals surface area contributed by atoms with Crippen LogP contribution < -0.4 is 15.5 Å². The maximum Gasteiger partial charge on any atom is 0.256 e. The first-order valence-electron chi connectivity index (χ1n) is 7.60. The summed E-state index contributed by atoms with van der Waals surface area (Å²) in [4.78, 5) is 14.7. The van der Waals surface area contributed by atoms with Gasteiger partial charge in [-0.2, -0.15) is 0 Å². The summed E-state index contributed by atoms with van der Waals surface area (Å²) in [5, 5.41) is 6.41. The number of hydrogen-bond donors (Lipinski definition) is 2. The molecule has 0 bridgehead atoms. The minimum atomic E-state index is -0.0464. The number of rotatable bonds is 3. The molecule has 2 N–H and O–H groups in total. The van der Waals surface area contributed by atoms with Crippen molar-refractivity contribution >= 4 is 47.8 Å². The van der Waals surface area contributed by atoms with Crippen LogP contribution in [0.2, 0.25) is 0 Å². The number of hydrogen-bond acceptors (Lipinski definition) is 3. The third-order valence-electron chi connectivity index (χ3n) is 3.97. The monoisotopic (exact) mass is 367 g/mol. The lowest BCUT2D eigenvalue weighted by atomic mass is 9.97. The standard InChI is InChI=1S/C18H21N3O.2ClH/c1-21(2)17-11-4-3-9-16(17)20-18(22)14-7-5-10-15-13(14)8-6-12-19-15;;/h3-5,7,9-11,19H,6,8,12H2,1-2H3,(H,20,22);2*1H. The molecular weight excluding hydrogens is 345 g/mol. The van der Waals surface area contributed by atoms with Crippen LogP contribution in [0.25, 0.3) is 0 Å². The highest BCUT2D eigenvalue weighted by atomic mass is 35.5. The molecule has 130 valence electrons. The molecule has 0 aromatic heterocycles. The van der Waals surface area contributed by atoms with Gasteiger partial charge in [0.25, 0.3) is 5.91 Å². The Hall–Kier alpha value is -1.91. The molecule has 0 saturated heterocycles. The number of benzene rings is 2. The van der Waals surface area contributed by atoms with Crippen LogP contribution in [-0.2, 0) is 6.42 Å². The first-order valence-corrected chi connectivity index (χ1v) is 7.60. The molecule has 2 aromatic rings. The van der Waals surface area contributed by atoms with Crippen molar-refractivity contribution in [3.05, 3.63) is 53.6 Å². The lowest BCUT2D eigenvalue weighted by Crippen LogP contribution is -2.20. The summed E-state index contributed by atoms with van der Waals surface area (Å²) in [6.07, 6.45) is 2.01. The summed E-state index contributed by atoms with van der Waals surface area (Å²) < 4.78 is 0. The van der Waals surface area contributed by atoms with Gasteiger partial charge in [-0.25, -0.2) is 0 Å². The van der Waals surface area contributed by atoms with Gasteiger partial charge in [0, 0.05) is 31.9 Å². The smallest absolute Gasteiger partial charge is 0.256 e. The van der Waals surface area contributed by atoms with Gasteiger partial charge < -0.3 is 15.5 Å². The number of halogens is 2. The van der Waals surface area contributed by atoms with Crippen molar-refractivity contribution in [1.29, 1.82) is 0 Å². The van der Waals surface area contributed by atoms with Crippen LogP contribution in [0.5, 0.6) is 0 Å². The second kappa shape index (κ2) is 8.81. The summed E-state index contributed by atoms with van der Waals surface area (Å²) in [6, 6.07) is 13.7. The molecule has 6 heteroatoms. The van der Waals surface area contributed by atoms with Crippen molar-refractivity contribution in [3.8, 4) is 0 Å². The van der Waals surface area contributed by atoms with E-state index in [0.717, 1.165) is 47.6 Å². The Morgan fingerprint density at radius 2 is 1.83 bits per heavy atom. The zero-order valence-electron chi connectivity index (χ0n) is 13.8. The molecule has 24 heavy (non-hydrogen) atoms. The van der Waals surface area contributed by atoms with Gasteiger partial charge in [0.2, 0.25) is 0 Å². The van der Waals surface area contributed by atoms with Crippen LogP contribution in [0.3, 0.4) is 0 Å². The predicted molar refractivity (Wildman–Crippen MR) is 106 cm³/mol. The van der Waals surface area contributed by atoms with Gasteiger partial charge in [0.1, 0.15) is 0 Å². The summed E-state index contributed by atoms with van der Waals surface area (Å²) in [7, 11) is 3.94. The van der Waals surface area contributed by atoms with Crippen molar-refractivity contribution in [2.45, 2.75) is 12.8 Å². The molecule has 1 amide bonds. The Kier molecular flexibility index (Phi) is 7.39. The third-order valence-corrected chi connectivity index (χ3v) is 3.97. The largest absolute Gasteiger partial charge is 0.385 e. The Morgan fingerprint density at radius 3 is 2.58 bits per heavy atom. The summed E-state index contributed by atoms with van der Waals surface area (Å²) in [5.74, 6) is -0.0464. The molecule has 3 rings (SSSR count). The van der Waals surface area contributed by atoms with Gasteiger partial charge in [-0.15, -0.1) is 24.8 Å². The number of nitrogens with one attached hydrogen (secondary N) is 2. The Balaban J connectivity index is 0.00000144. The normalized spacial score (nSPS) is 11.9. The van der Waals surface area contributed by atoms with E-state index >= 15 is 0 Å². The van der Waals surface area contributed by atoms with E-state index in [1.807, 2.05) is 61.5 Å². The van der Waals surface area contributed by atoms with Crippen LogP contribution >= 0.6 is 24.8 Å². The van der Waals surface area contributed by atoms with E-state index in [2.05, 4.69) is 10.6 Å². The van der Waals surface area contributed by atoms with E-state index in [1.54, 1.807) is 0 Å². The average molecular weight is 368 g/mol. The molecule has 0 unspecified atom stereocenters. The van der Waals surface area contributed by atoms with Gasteiger partial charge >= 0.3 is 0 Å². The van der Waals surface area contributed by atoms with Crippen molar-refractivity contribution < 1.29 is 4.79 Å². The molecule has 2 aromatic carbocycles. The number of carbonyl (C=O) groups excluding carboxylic acids is 1.